The summed E-state index contributed by atoms with van der Waals surface area (Å²) in [4.78, 5) is 10.8. The highest BCUT2D eigenvalue weighted by Crippen LogP contribution is 2.40. The van der Waals surface area contributed by atoms with E-state index in [0.29, 0.717) is 5.92 Å². The molecule has 0 aromatic heterocycles. The van der Waals surface area contributed by atoms with Gasteiger partial charge in [-0.2, -0.15) is 0 Å². The lowest BCUT2D eigenvalue weighted by molar-refractivity contribution is -0.105. The van der Waals surface area contributed by atoms with Crippen LogP contribution in [0.2, 0.25) is 0 Å². The van der Waals surface area contributed by atoms with Crippen molar-refractivity contribution in [3.63, 3.8) is 0 Å². The molecule has 0 aliphatic heterocycles. The van der Waals surface area contributed by atoms with Crippen LogP contribution in [0.25, 0.3) is 4.48 Å². The highest BCUT2D eigenvalue weighted by Gasteiger charge is 2.21. The minimum absolute atomic E-state index is 0.438. The number of benzene rings is 1. The molecule has 1 aliphatic carbocycles. The van der Waals surface area contributed by atoms with Gasteiger partial charge in [-0.1, -0.05) is 31.2 Å². The first-order chi connectivity index (χ1) is 6.74. The molecule has 2 heteroatoms. The van der Waals surface area contributed by atoms with E-state index in [-0.39, 0.29) is 0 Å². The summed E-state index contributed by atoms with van der Waals surface area (Å²) in [5.74, 6) is 0.438. The molecule has 1 aliphatic rings. The van der Waals surface area contributed by atoms with Crippen LogP contribution in [0.5, 0.6) is 0 Å². The number of allylic oxidation sites excluding steroid dienone is 1. The third kappa shape index (κ3) is 1.44. The van der Waals surface area contributed by atoms with Crippen LogP contribution in [0.15, 0.2) is 29.8 Å². The predicted molar refractivity (Wildman–Crippen MR) is 61.4 cm³/mol. The van der Waals surface area contributed by atoms with Crippen LogP contribution < -0.4 is 0 Å². The molecule has 0 amide bonds. The lowest BCUT2D eigenvalue weighted by Gasteiger charge is -2.22. The molecule has 0 saturated heterocycles. The summed E-state index contributed by atoms with van der Waals surface area (Å²) in [5.41, 5.74) is 3.36. The third-order valence-corrected chi connectivity index (χ3v) is 3.61. The number of fused-ring (bicyclic) bond motifs is 1. The number of aldehydes is 1. The van der Waals surface area contributed by atoms with Crippen molar-refractivity contribution in [1.82, 2.24) is 0 Å². The Kier molecular flexibility index (Phi) is 2.55. The summed E-state index contributed by atoms with van der Waals surface area (Å²) in [6, 6.07) is 8.23. The van der Waals surface area contributed by atoms with E-state index in [2.05, 4.69) is 35.0 Å². The molecule has 1 atom stereocenters. The summed E-state index contributed by atoms with van der Waals surface area (Å²) in [6.45, 7) is 2.15. The summed E-state index contributed by atoms with van der Waals surface area (Å²) in [5, 5.41) is 0. The summed E-state index contributed by atoms with van der Waals surface area (Å²) in [7, 11) is 0. The largest absolute Gasteiger partial charge is 0.298 e. The average Bonchev–Trinajstić information content (AvgIpc) is 2.23. The second kappa shape index (κ2) is 3.70. The monoisotopic (exact) mass is 250 g/mol. The van der Waals surface area contributed by atoms with Crippen LogP contribution in [0, 0.1) is 0 Å². The van der Waals surface area contributed by atoms with Gasteiger partial charge >= 0.3 is 0 Å². The Hall–Kier alpha value is -0.890. The maximum atomic E-state index is 10.8. The van der Waals surface area contributed by atoms with Crippen molar-refractivity contribution in [1.29, 1.82) is 0 Å². The van der Waals surface area contributed by atoms with E-state index in [1.807, 2.05) is 12.1 Å². The molecule has 0 bridgehead atoms. The Morgan fingerprint density at radius 3 is 2.86 bits per heavy atom. The molecule has 1 aromatic rings. The number of carbonyl (C=O) groups is 1. The molecule has 0 fully saturated rings. The van der Waals surface area contributed by atoms with Gasteiger partial charge in [0.05, 0.1) is 0 Å². The zero-order chi connectivity index (χ0) is 10.1. The molecular formula is C12H11BrO. The molecule has 1 nitrogen and oxygen atoms in total. The summed E-state index contributed by atoms with van der Waals surface area (Å²) in [6.07, 6.45) is 1.79. The quantitative estimate of drug-likeness (QED) is 0.698. The van der Waals surface area contributed by atoms with Gasteiger partial charge in [-0.15, -0.1) is 0 Å². The van der Waals surface area contributed by atoms with E-state index in [1.54, 1.807) is 0 Å². The van der Waals surface area contributed by atoms with Gasteiger partial charge in [0, 0.05) is 10.1 Å². The second-order valence-electron chi connectivity index (χ2n) is 3.65. The topological polar surface area (TPSA) is 17.1 Å². The van der Waals surface area contributed by atoms with Crippen molar-refractivity contribution in [3.8, 4) is 0 Å². The van der Waals surface area contributed by atoms with Crippen molar-refractivity contribution < 1.29 is 4.79 Å². The molecule has 2 rings (SSSR count). The minimum atomic E-state index is 0.438. The standard InChI is InChI=1S/C12H11BrO/c1-8-6-9(7-14)12(13)11-5-3-2-4-10(8)11/h2-5,7-8H,6H2,1H3. The van der Waals surface area contributed by atoms with Gasteiger partial charge in [-0.25, -0.2) is 0 Å². The van der Waals surface area contributed by atoms with E-state index in [0.717, 1.165) is 28.3 Å². The second-order valence-corrected chi connectivity index (χ2v) is 4.44. The van der Waals surface area contributed by atoms with Crippen LogP contribution in [0.3, 0.4) is 0 Å². The summed E-state index contributed by atoms with van der Waals surface area (Å²) >= 11 is 3.49. The molecule has 1 aromatic carbocycles. The lowest BCUT2D eigenvalue weighted by Crippen LogP contribution is -2.07. The number of halogens is 1. The van der Waals surface area contributed by atoms with Crippen LogP contribution >= 0.6 is 15.9 Å². The van der Waals surface area contributed by atoms with E-state index in [4.69, 9.17) is 0 Å². The molecular weight excluding hydrogens is 240 g/mol. The SMILES string of the molecule is CC1CC(C=O)=C(Br)c2ccccc21. The smallest absolute Gasteiger partial charge is 0.147 e. The van der Waals surface area contributed by atoms with Crippen molar-refractivity contribution in [3.05, 3.63) is 41.0 Å². The number of hydrogen-bond acceptors (Lipinski definition) is 1. The van der Waals surface area contributed by atoms with Crippen LogP contribution in [0.1, 0.15) is 30.4 Å². The third-order valence-electron chi connectivity index (χ3n) is 2.68. The minimum Gasteiger partial charge on any atom is -0.298 e. The van der Waals surface area contributed by atoms with Gasteiger partial charge in [0.2, 0.25) is 0 Å². The summed E-state index contributed by atoms with van der Waals surface area (Å²) < 4.78 is 0.959. The maximum absolute atomic E-state index is 10.8. The predicted octanol–water partition coefficient (Wildman–Crippen LogP) is 3.50. The molecule has 0 heterocycles. The molecule has 14 heavy (non-hydrogen) atoms. The fourth-order valence-corrected chi connectivity index (χ4v) is 2.55. The van der Waals surface area contributed by atoms with E-state index >= 15 is 0 Å². The Balaban J connectivity index is 2.62. The first-order valence-electron chi connectivity index (χ1n) is 4.67. The average molecular weight is 251 g/mol. The van der Waals surface area contributed by atoms with Gasteiger partial charge in [0.1, 0.15) is 6.29 Å². The van der Waals surface area contributed by atoms with Crippen molar-refractivity contribution >= 4 is 26.7 Å². The molecule has 1 unspecified atom stereocenters. The fourth-order valence-electron chi connectivity index (χ4n) is 1.93. The van der Waals surface area contributed by atoms with Gasteiger partial charge in [-0.3, -0.25) is 4.79 Å². The Morgan fingerprint density at radius 1 is 1.43 bits per heavy atom. The normalized spacial score (nSPS) is 20.6. The Morgan fingerprint density at radius 2 is 2.14 bits per heavy atom. The molecule has 0 saturated carbocycles. The van der Waals surface area contributed by atoms with Crippen molar-refractivity contribution in [2.45, 2.75) is 19.3 Å². The van der Waals surface area contributed by atoms with E-state index in [1.165, 1.54) is 5.56 Å². The van der Waals surface area contributed by atoms with Gasteiger partial charge < -0.3 is 0 Å². The fraction of sp³-hybridized carbons (Fsp3) is 0.250. The van der Waals surface area contributed by atoms with Crippen LogP contribution in [-0.4, -0.2) is 6.29 Å². The number of hydrogen-bond donors (Lipinski definition) is 0. The van der Waals surface area contributed by atoms with E-state index < -0.39 is 0 Å². The molecule has 0 spiro atoms. The first kappa shape index (κ1) is 9.66. The zero-order valence-electron chi connectivity index (χ0n) is 7.96. The molecule has 0 radical (unpaired) electrons. The maximum Gasteiger partial charge on any atom is 0.147 e. The first-order valence-corrected chi connectivity index (χ1v) is 5.46. The van der Waals surface area contributed by atoms with Gasteiger partial charge in [0.15, 0.2) is 0 Å². The van der Waals surface area contributed by atoms with Crippen LogP contribution in [-0.2, 0) is 4.79 Å². The zero-order valence-corrected chi connectivity index (χ0v) is 9.54. The molecule has 0 N–H and O–H groups in total. The highest BCUT2D eigenvalue weighted by molar-refractivity contribution is 9.15. The van der Waals surface area contributed by atoms with Crippen LogP contribution in [0.4, 0.5) is 0 Å². The van der Waals surface area contributed by atoms with Gasteiger partial charge in [-0.05, 0) is 39.4 Å². The lowest BCUT2D eigenvalue weighted by atomic mass is 9.85. The number of carbonyl (C=O) groups excluding carboxylic acids is 1. The highest BCUT2D eigenvalue weighted by atomic mass is 79.9. The van der Waals surface area contributed by atoms with Crippen molar-refractivity contribution in [2.24, 2.45) is 0 Å². The Labute approximate surface area is 92.0 Å². The Bertz CT molecular complexity index is 407. The molecule has 72 valence electrons. The van der Waals surface area contributed by atoms with Crippen molar-refractivity contribution in [2.75, 3.05) is 0 Å². The number of rotatable bonds is 1. The van der Waals surface area contributed by atoms with Gasteiger partial charge in [0.25, 0.3) is 0 Å². The van der Waals surface area contributed by atoms with E-state index in [9.17, 15) is 4.79 Å².